The molecule has 25 heavy (non-hydrogen) atoms. The summed E-state index contributed by atoms with van der Waals surface area (Å²) in [5.41, 5.74) is 5.21. The van der Waals surface area contributed by atoms with Crippen molar-refractivity contribution in [3.05, 3.63) is 82.9 Å². The fraction of sp³-hybridized carbons (Fsp3) is 0.0952. The summed E-state index contributed by atoms with van der Waals surface area (Å²) in [5.74, 6) is 1.47. The molecule has 0 unspecified atom stereocenters. The summed E-state index contributed by atoms with van der Waals surface area (Å²) in [4.78, 5) is 7.98. The van der Waals surface area contributed by atoms with Crippen molar-refractivity contribution in [1.82, 2.24) is 9.97 Å². The van der Waals surface area contributed by atoms with Crippen LogP contribution in [0.5, 0.6) is 5.75 Å². The third-order valence-electron chi connectivity index (χ3n) is 4.08. The third kappa shape index (κ3) is 3.37. The number of aromatic nitrogens is 2. The normalized spacial score (nSPS) is 11.0. The zero-order valence-electron chi connectivity index (χ0n) is 13.8. The first kappa shape index (κ1) is 15.7. The summed E-state index contributed by atoms with van der Waals surface area (Å²) >= 11 is 6.40. The number of aromatic amines is 1. The monoisotopic (exact) mass is 348 g/mol. The number of rotatable bonds is 4. The van der Waals surface area contributed by atoms with Gasteiger partial charge in [-0.3, -0.25) is 0 Å². The number of fused-ring (bicyclic) bond motifs is 1. The Morgan fingerprint density at radius 1 is 1.00 bits per heavy atom. The topological polar surface area (TPSA) is 37.9 Å². The molecule has 0 atom stereocenters. The Labute approximate surface area is 151 Å². The van der Waals surface area contributed by atoms with Gasteiger partial charge in [-0.15, -0.1) is 0 Å². The number of H-pyrrole nitrogens is 1. The van der Waals surface area contributed by atoms with Gasteiger partial charge in [0.15, 0.2) is 0 Å². The van der Waals surface area contributed by atoms with Gasteiger partial charge in [-0.2, -0.15) is 0 Å². The largest absolute Gasteiger partial charge is 0.487 e. The summed E-state index contributed by atoms with van der Waals surface area (Å²) in [6.07, 6.45) is 0. The van der Waals surface area contributed by atoms with Crippen LogP contribution in [0.3, 0.4) is 0 Å². The van der Waals surface area contributed by atoms with E-state index in [0.717, 1.165) is 28.0 Å². The highest BCUT2D eigenvalue weighted by molar-refractivity contribution is 6.32. The second-order valence-electron chi connectivity index (χ2n) is 6.03. The molecule has 0 saturated carbocycles. The lowest BCUT2D eigenvalue weighted by atomic mass is 10.2. The maximum absolute atomic E-state index is 6.40. The van der Waals surface area contributed by atoms with Gasteiger partial charge in [-0.05, 0) is 48.4 Å². The van der Waals surface area contributed by atoms with E-state index in [1.54, 1.807) is 0 Å². The molecule has 0 saturated heterocycles. The van der Waals surface area contributed by atoms with Crippen LogP contribution in [0.2, 0.25) is 5.02 Å². The molecule has 1 N–H and O–H groups in total. The maximum atomic E-state index is 6.40. The van der Waals surface area contributed by atoms with Crippen LogP contribution < -0.4 is 4.74 Å². The van der Waals surface area contributed by atoms with Crippen molar-refractivity contribution in [3.63, 3.8) is 0 Å². The van der Waals surface area contributed by atoms with Gasteiger partial charge in [0.1, 0.15) is 18.2 Å². The minimum Gasteiger partial charge on any atom is -0.487 e. The molecule has 0 aliphatic rings. The minimum atomic E-state index is 0.490. The highest BCUT2D eigenvalue weighted by atomic mass is 35.5. The summed E-state index contributed by atoms with van der Waals surface area (Å²) in [7, 11) is 0. The predicted octanol–water partition coefficient (Wildman–Crippen LogP) is 5.77. The standard InChI is InChI=1S/C21H17ClN2O/c1-14-7-9-18-19(11-14)24-21(23-18)16-8-10-20(17(22)12-16)25-13-15-5-3-2-4-6-15/h2-12H,13H2,1H3,(H,23,24). The second kappa shape index (κ2) is 6.61. The number of nitrogens with one attached hydrogen (secondary N) is 1. The lowest BCUT2D eigenvalue weighted by Gasteiger charge is -2.09. The average Bonchev–Trinajstić information content (AvgIpc) is 3.04. The number of benzene rings is 3. The molecule has 0 fully saturated rings. The van der Waals surface area contributed by atoms with Crippen molar-refractivity contribution in [2.75, 3.05) is 0 Å². The minimum absolute atomic E-state index is 0.490. The van der Waals surface area contributed by atoms with E-state index in [2.05, 4.69) is 29.0 Å². The zero-order chi connectivity index (χ0) is 17.2. The molecule has 124 valence electrons. The number of halogens is 1. The number of imidazole rings is 1. The molecule has 0 aliphatic carbocycles. The van der Waals surface area contributed by atoms with Crippen molar-refractivity contribution in [1.29, 1.82) is 0 Å². The van der Waals surface area contributed by atoms with Crippen LogP contribution in [0.15, 0.2) is 66.7 Å². The summed E-state index contributed by atoms with van der Waals surface area (Å²) in [5, 5.41) is 0.574. The summed E-state index contributed by atoms with van der Waals surface area (Å²) in [6.45, 7) is 2.56. The second-order valence-corrected chi connectivity index (χ2v) is 6.43. The molecule has 4 rings (SSSR count). The van der Waals surface area contributed by atoms with Gasteiger partial charge in [0.2, 0.25) is 0 Å². The van der Waals surface area contributed by atoms with Gasteiger partial charge in [0.25, 0.3) is 0 Å². The van der Waals surface area contributed by atoms with E-state index in [4.69, 9.17) is 16.3 Å². The number of ether oxygens (including phenoxy) is 1. The Balaban J connectivity index is 1.58. The zero-order valence-corrected chi connectivity index (χ0v) is 14.5. The van der Waals surface area contributed by atoms with Crippen molar-refractivity contribution in [2.45, 2.75) is 13.5 Å². The van der Waals surface area contributed by atoms with E-state index in [0.29, 0.717) is 17.4 Å². The van der Waals surface area contributed by atoms with Gasteiger partial charge in [0.05, 0.1) is 16.1 Å². The van der Waals surface area contributed by atoms with Crippen LogP contribution in [0.25, 0.3) is 22.4 Å². The number of nitrogens with zero attached hydrogens (tertiary/aromatic N) is 1. The van der Waals surface area contributed by atoms with E-state index in [9.17, 15) is 0 Å². The lowest BCUT2D eigenvalue weighted by molar-refractivity contribution is 0.306. The highest BCUT2D eigenvalue weighted by Crippen LogP contribution is 2.30. The fourth-order valence-electron chi connectivity index (χ4n) is 2.76. The Morgan fingerprint density at radius 3 is 2.64 bits per heavy atom. The molecule has 0 bridgehead atoms. The van der Waals surface area contributed by atoms with E-state index >= 15 is 0 Å². The van der Waals surface area contributed by atoms with Crippen LogP contribution in [0.4, 0.5) is 0 Å². The molecular weight excluding hydrogens is 332 g/mol. The molecule has 1 heterocycles. The number of aryl methyl sites for hydroxylation is 1. The van der Waals surface area contributed by atoms with Crippen molar-refractivity contribution in [2.24, 2.45) is 0 Å². The van der Waals surface area contributed by atoms with Crippen LogP contribution >= 0.6 is 11.6 Å². The summed E-state index contributed by atoms with van der Waals surface area (Å²) < 4.78 is 5.83. The predicted molar refractivity (Wildman–Crippen MR) is 102 cm³/mol. The lowest BCUT2D eigenvalue weighted by Crippen LogP contribution is -1.95. The van der Waals surface area contributed by atoms with Crippen LogP contribution in [0, 0.1) is 6.92 Å². The first-order chi connectivity index (χ1) is 12.2. The number of hydrogen-bond acceptors (Lipinski definition) is 2. The van der Waals surface area contributed by atoms with E-state index in [1.165, 1.54) is 5.56 Å². The third-order valence-corrected chi connectivity index (χ3v) is 4.38. The first-order valence-electron chi connectivity index (χ1n) is 8.12. The molecule has 4 aromatic rings. The molecule has 0 spiro atoms. The molecule has 0 radical (unpaired) electrons. The Morgan fingerprint density at radius 2 is 1.84 bits per heavy atom. The SMILES string of the molecule is Cc1ccc2nc(-c3ccc(OCc4ccccc4)c(Cl)c3)[nH]c2c1. The molecule has 3 aromatic carbocycles. The van der Waals surface area contributed by atoms with Gasteiger partial charge < -0.3 is 9.72 Å². The Hall–Kier alpha value is -2.78. The highest BCUT2D eigenvalue weighted by Gasteiger charge is 2.09. The van der Waals surface area contributed by atoms with Crippen molar-refractivity contribution < 1.29 is 4.74 Å². The Kier molecular flexibility index (Phi) is 4.16. The molecule has 4 heteroatoms. The maximum Gasteiger partial charge on any atom is 0.138 e. The van der Waals surface area contributed by atoms with Gasteiger partial charge in [-0.1, -0.05) is 48.0 Å². The van der Waals surface area contributed by atoms with Crippen LogP contribution in [0.1, 0.15) is 11.1 Å². The summed E-state index contributed by atoms with van der Waals surface area (Å²) in [6, 6.07) is 21.9. The molecular formula is C21H17ClN2O. The van der Waals surface area contributed by atoms with Gasteiger partial charge in [-0.25, -0.2) is 4.98 Å². The average molecular weight is 349 g/mol. The quantitative estimate of drug-likeness (QED) is 0.508. The molecule has 0 aliphatic heterocycles. The van der Waals surface area contributed by atoms with Crippen molar-refractivity contribution in [3.8, 4) is 17.1 Å². The first-order valence-corrected chi connectivity index (χ1v) is 8.50. The van der Waals surface area contributed by atoms with Crippen molar-refractivity contribution >= 4 is 22.6 Å². The van der Waals surface area contributed by atoms with Crippen LogP contribution in [-0.4, -0.2) is 9.97 Å². The Bertz CT molecular complexity index is 1020. The van der Waals surface area contributed by atoms with E-state index < -0.39 is 0 Å². The van der Waals surface area contributed by atoms with Gasteiger partial charge in [0, 0.05) is 5.56 Å². The van der Waals surface area contributed by atoms with Crippen LogP contribution in [-0.2, 0) is 6.61 Å². The smallest absolute Gasteiger partial charge is 0.138 e. The van der Waals surface area contributed by atoms with E-state index in [-0.39, 0.29) is 0 Å². The molecule has 0 amide bonds. The van der Waals surface area contributed by atoms with E-state index in [1.807, 2.05) is 54.6 Å². The number of hydrogen-bond donors (Lipinski definition) is 1. The molecule has 1 aromatic heterocycles. The van der Waals surface area contributed by atoms with Gasteiger partial charge >= 0.3 is 0 Å². The molecule has 3 nitrogen and oxygen atoms in total. The fourth-order valence-corrected chi connectivity index (χ4v) is 3.00.